The topological polar surface area (TPSA) is 146 Å². The van der Waals surface area contributed by atoms with Crippen LogP contribution in [0.4, 0.5) is 5.82 Å². The van der Waals surface area contributed by atoms with Crippen LogP contribution in [0.3, 0.4) is 0 Å². The minimum atomic E-state index is -0.800. The average molecular weight is 396 g/mol. The highest BCUT2D eigenvalue weighted by Crippen LogP contribution is 2.33. The van der Waals surface area contributed by atoms with Gasteiger partial charge in [-0.2, -0.15) is 0 Å². The van der Waals surface area contributed by atoms with Gasteiger partial charge in [-0.1, -0.05) is 0 Å². The van der Waals surface area contributed by atoms with E-state index in [1.54, 1.807) is 16.7 Å². The van der Waals surface area contributed by atoms with Gasteiger partial charge in [0.15, 0.2) is 11.5 Å². The SMILES string of the molecule is COc1cc(-c2nc3c(N)ncnc3n(C3CCC(C(=O)O)CC3)c2=O)ccn1. The molecule has 10 heteroatoms. The van der Waals surface area contributed by atoms with E-state index in [0.29, 0.717) is 48.3 Å². The van der Waals surface area contributed by atoms with Crippen LogP contribution in [0.1, 0.15) is 31.7 Å². The Bertz CT molecular complexity index is 1140. The number of nitrogens with two attached hydrogens (primary N) is 1. The number of anilines is 1. The van der Waals surface area contributed by atoms with Crippen molar-refractivity contribution in [1.82, 2.24) is 24.5 Å². The fourth-order valence-electron chi connectivity index (χ4n) is 3.81. The smallest absolute Gasteiger partial charge is 0.306 e. The Labute approximate surface area is 165 Å². The van der Waals surface area contributed by atoms with Gasteiger partial charge in [0.25, 0.3) is 5.56 Å². The molecule has 1 aliphatic rings. The molecule has 0 aromatic carbocycles. The summed E-state index contributed by atoms with van der Waals surface area (Å²) in [5, 5.41) is 9.27. The van der Waals surface area contributed by atoms with E-state index < -0.39 is 11.9 Å². The normalized spacial score (nSPS) is 19.2. The van der Waals surface area contributed by atoms with Gasteiger partial charge >= 0.3 is 5.97 Å². The van der Waals surface area contributed by atoms with Gasteiger partial charge in [0, 0.05) is 23.9 Å². The van der Waals surface area contributed by atoms with Crippen molar-refractivity contribution < 1.29 is 14.6 Å². The number of carbonyl (C=O) groups is 1. The molecule has 4 rings (SSSR count). The lowest BCUT2D eigenvalue weighted by atomic mass is 9.86. The maximum absolute atomic E-state index is 13.4. The number of aliphatic carboxylic acids is 1. The number of methoxy groups -OCH3 is 1. The van der Waals surface area contributed by atoms with E-state index in [2.05, 4.69) is 19.9 Å². The van der Waals surface area contributed by atoms with Crippen LogP contribution in [0.15, 0.2) is 29.5 Å². The van der Waals surface area contributed by atoms with Gasteiger partial charge in [0.05, 0.1) is 13.0 Å². The van der Waals surface area contributed by atoms with Crippen molar-refractivity contribution >= 4 is 23.0 Å². The summed E-state index contributed by atoms with van der Waals surface area (Å²) in [6, 6.07) is 3.10. The highest BCUT2D eigenvalue weighted by molar-refractivity contribution is 5.83. The maximum Gasteiger partial charge on any atom is 0.306 e. The lowest BCUT2D eigenvalue weighted by Crippen LogP contribution is -2.32. The number of nitrogen functional groups attached to an aromatic ring is 1. The van der Waals surface area contributed by atoms with Crippen LogP contribution in [0.5, 0.6) is 5.88 Å². The summed E-state index contributed by atoms with van der Waals surface area (Å²) >= 11 is 0. The monoisotopic (exact) mass is 396 g/mol. The van der Waals surface area contributed by atoms with E-state index >= 15 is 0 Å². The maximum atomic E-state index is 13.4. The predicted octanol–water partition coefficient (Wildman–Crippen LogP) is 1.66. The second kappa shape index (κ2) is 7.46. The number of rotatable bonds is 4. The Kier molecular flexibility index (Phi) is 4.83. The second-order valence-corrected chi connectivity index (χ2v) is 7.00. The zero-order valence-corrected chi connectivity index (χ0v) is 15.8. The first-order valence-electron chi connectivity index (χ1n) is 9.25. The lowest BCUT2D eigenvalue weighted by Gasteiger charge is -2.28. The molecule has 3 heterocycles. The molecule has 0 unspecified atom stereocenters. The lowest BCUT2D eigenvalue weighted by molar-refractivity contribution is -0.143. The van der Waals surface area contributed by atoms with E-state index in [4.69, 9.17) is 10.5 Å². The van der Waals surface area contributed by atoms with Crippen LogP contribution in [-0.4, -0.2) is 42.7 Å². The van der Waals surface area contributed by atoms with E-state index in [0.717, 1.165) is 0 Å². The van der Waals surface area contributed by atoms with Crippen molar-refractivity contribution in [2.45, 2.75) is 31.7 Å². The third-order valence-electron chi connectivity index (χ3n) is 5.33. The number of aromatic nitrogens is 5. The van der Waals surface area contributed by atoms with E-state index in [1.807, 2.05) is 0 Å². The average Bonchev–Trinajstić information content (AvgIpc) is 2.74. The van der Waals surface area contributed by atoms with Crippen molar-refractivity contribution in [3.63, 3.8) is 0 Å². The van der Waals surface area contributed by atoms with Gasteiger partial charge in [-0.25, -0.2) is 19.9 Å². The standard InChI is InChI=1S/C19H20N6O4/c1-29-13-8-11(6-7-21-13)14-18(26)25(12-4-2-10(3-5-12)19(27)28)17-15(24-14)16(20)22-9-23-17/h6-10,12H,2-5H2,1H3,(H,27,28)(H2,20,22,23). The molecule has 3 aromatic heterocycles. The molecule has 10 nitrogen and oxygen atoms in total. The summed E-state index contributed by atoms with van der Waals surface area (Å²) in [4.78, 5) is 41.5. The van der Waals surface area contributed by atoms with Gasteiger partial charge in [0.1, 0.15) is 17.5 Å². The Morgan fingerprint density at radius 1 is 1.24 bits per heavy atom. The molecule has 0 bridgehead atoms. The molecule has 1 fully saturated rings. The molecule has 0 amide bonds. The first-order chi connectivity index (χ1) is 14.0. The Morgan fingerprint density at radius 3 is 2.69 bits per heavy atom. The zero-order valence-electron chi connectivity index (χ0n) is 15.8. The van der Waals surface area contributed by atoms with Gasteiger partial charge in [-0.15, -0.1) is 0 Å². The summed E-state index contributed by atoms with van der Waals surface area (Å²) in [5.74, 6) is -0.662. The number of nitrogens with zero attached hydrogens (tertiary/aromatic N) is 5. The van der Waals surface area contributed by atoms with Crippen LogP contribution in [-0.2, 0) is 4.79 Å². The molecule has 0 atom stereocenters. The molecule has 150 valence electrons. The minimum absolute atomic E-state index is 0.172. The van der Waals surface area contributed by atoms with Crippen molar-refractivity contribution in [3.05, 3.63) is 35.0 Å². The number of ether oxygens (including phenoxy) is 1. The van der Waals surface area contributed by atoms with E-state index in [9.17, 15) is 14.7 Å². The van der Waals surface area contributed by atoms with E-state index in [1.165, 1.54) is 19.6 Å². The van der Waals surface area contributed by atoms with Crippen molar-refractivity contribution in [2.75, 3.05) is 12.8 Å². The number of hydrogen-bond acceptors (Lipinski definition) is 8. The van der Waals surface area contributed by atoms with Gasteiger partial charge in [0.2, 0.25) is 5.88 Å². The molecular weight excluding hydrogens is 376 g/mol. The Hall–Kier alpha value is -3.56. The summed E-state index contributed by atoms with van der Waals surface area (Å²) < 4.78 is 6.74. The fraction of sp³-hybridized carbons (Fsp3) is 0.368. The fourth-order valence-corrected chi connectivity index (χ4v) is 3.81. The number of carboxylic acids is 1. The summed E-state index contributed by atoms with van der Waals surface area (Å²) in [6.45, 7) is 0. The number of pyridine rings is 1. The largest absolute Gasteiger partial charge is 0.481 e. The van der Waals surface area contributed by atoms with Gasteiger partial charge in [-0.05, 0) is 31.7 Å². The van der Waals surface area contributed by atoms with Crippen LogP contribution < -0.4 is 16.0 Å². The van der Waals surface area contributed by atoms with Crippen molar-refractivity contribution in [2.24, 2.45) is 5.92 Å². The first kappa shape index (κ1) is 18.8. The molecule has 0 aliphatic heterocycles. The Morgan fingerprint density at radius 2 is 2.00 bits per heavy atom. The van der Waals surface area contributed by atoms with Gasteiger partial charge in [-0.3, -0.25) is 14.2 Å². The molecule has 0 radical (unpaired) electrons. The highest BCUT2D eigenvalue weighted by atomic mass is 16.5. The number of carboxylic acid groups (broad SMARTS) is 1. The van der Waals surface area contributed by atoms with E-state index in [-0.39, 0.29) is 23.1 Å². The van der Waals surface area contributed by atoms with Crippen LogP contribution in [0.25, 0.3) is 22.4 Å². The molecule has 1 saturated carbocycles. The molecule has 3 aromatic rings. The predicted molar refractivity (Wildman–Crippen MR) is 104 cm³/mol. The molecule has 0 spiro atoms. The molecule has 1 aliphatic carbocycles. The molecular formula is C19H20N6O4. The molecule has 0 saturated heterocycles. The third-order valence-corrected chi connectivity index (χ3v) is 5.33. The van der Waals surface area contributed by atoms with Crippen LogP contribution in [0.2, 0.25) is 0 Å². The van der Waals surface area contributed by atoms with Crippen LogP contribution >= 0.6 is 0 Å². The second-order valence-electron chi connectivity index (χ2n) is 7.00. The third kappa shape index (κ3) is 3.37. The summed E-state index contributed by atoms with van der Waals surface area (Å²) in [6.07, 6.45) is 4.93. The number of fused-ring (bicyclic) bond motifs is 1. The molecule has 3 N–H and O–H groups in total. The summed E-state index contributed by atoms with van der Waals surface area (Å²) in [7, 11) is 1.49. The zero-order chi connectivity index (χ0) is 20.5. The molecule has 29 heavy (non-hydrogen) atoms. The highest BCUT2D eigenvalue weighted by Gasteiger charge is 2.29. The Balaban J connectivity index is 1.89. The summed E-state index contributed by atoms with van der Waals surface area (Å²) in [5.41, 5.74) is 7.13. The van der Waals surface area contributed by atoms with Gasteiger partial charge < -0.3 is 15.6 Å². The minimum Gasteiger partial charge on any atom is -0.481 e. The van der Waals surface area contributed by atoms with Crippen molar-refractivity contribution in [3.8, 4) is 17.1 Å². The van der Waals surface area contributed by atoms with Crippen LogP contribution in [0, 0.1) is 5.92 Å². The first-order valence-corrected chi connectivity index (χ1v) is 9.25. The quantitative estimate of drug-likeness (QED) is 0.672. The van der Waals surface area contributed by atoms with Crippen molar-refractivity contribution in [1.29, 1.82) is 0 Å². The number of hydrogen-bond donors (Lipinski definition) is 2.